The summed E-state index contributed by atoms with van der Waals surface area (Å²) in [7, 11) is 0. The quantitative estimate of drug-likeness (QED) is 0.660. The van der Waals surface area contributed by atoms with Gasteiger partial charge in [0.25, 0.3) is 0 Å². The summed E-state index contributed by atoms with van der Waals surface area (Å²) in [5.41, 5.74) is 0. The lowest BCUT2D eigenvalue weighted by molar-refractivity contribution is 0.466. The van der Waals surface area contributed by atoms with Crippen LogP contribution in [0, 0.1) is 0 Å². The maximum absolute atomic E-state index is 5.94. The van der Waals surface area contributed by atoms with E-state index in [1.807, 2.05) is 18.4 Å². The van der Waals surface area contributed by atoms with Crippen molar-refractivity contribution in [3.8, 4) is 11.6 Å². The van der Waals surface area contributed by atoms with Crippen LogP contribution in [0.2, 0.25) is 5.02 Å². The van der Waals surface area contributed by atoms with Gasteiger partial charge in [-0.05, 0) is 52.5 Å². The summed E-state index contributed by atoms with van der Waals surface area (Å²) in [6, 6.07) is 7.32. The number of halogens is 2. The third kappa shape index (κ3) is 3.12. The van der Waals surface area contributed by atoms with Crippen LogP contribution in [0.3, 0.4) is 0 Å². The van der Waals surface area contributed by atoms with Gasteiger partial charge < -0.3 is 10.1 Å². The zero-order chi connectivity index (χ0) is 14.8. The number of ether oxygens (including phenoxy) is 1. The number of fused-ring (bicyclic) bond motifs is 1. The van der Waals surface area contributed by atoms with E-state index in [1.54, 1.807) is 29.5 Å². The highest BCUT2D eigenvalue weighted by Gasteiger charge is 2.12. The first-order valence-corrected chi connectivity index (χ1v) is 8.34. The average Bonchev–Trinajstić information content (AvgIpc) is 2.91. The highest BCUT2D eigenvalue weighted by Crippen LogP contribution is 2.35. The van der Waals surface area contributed by atoms with E-state index in [0.717, 1.165) is 21.2 Å². The van der Waals surface area contributed by atoms with Gasteiger partial charge in [-0.1, -0.05) is 11.6 Å². The van der Waals surface area contributed by atoms with Crippen LogP contribution in [-0.4, -0.2) is 16.5 Å². The molecular weight excluding hydrogens is 374 g/mol. The van der Waals surface area contributed by atoms with Crippen molar-refractivity contribution in [1.29, 1.82) is 0 Å². The molecule has 7 heteroatoms. The third-order valence-electron chi connectivity index (χ3n) is 2.73. The lowest BCUT2D eigenvalue weighted by Crippen LogP contribution is -2.03. The molecule has 0 fully saturated rings. The van der Waals surface area contributed by atoms with E-state index in [1.165, 1.54) is 0 Å². The number of nitrogens with one attached hydrogen (secondary N) is 1. The molecule has 1 aromatic carbocycles. The summed E-state index contributed by atoms with van der Waals surface area (Å²) >= 11 is 10.9. The van der Waals surface area contributed by atoms with Crippen LogP contribution in [0.4, 0.5) is 5.95 Å². The van der Waals surface area contributed by atoms with Gasteiger partial charge in [-0.15, -0.1) is 11.3 Å². The average molecular weight is 385 g/mol. The van der Waals surface area contributed by atoms with Crippen LogP contribution in [-0.2, 0) is 0 Å². The van der Waals surface area contributed by atoms with Gasteiger partial charge in [-0.2, -0.15) is 4.98 Å². The molecule has 0 saturated carbocycles. The summed E-state index contributed by atoms with van der Waals surface area (Å²) in [5.74, 6) is 1.75. The van der Waals surface area contributed by atoms with Crippen molar-refractivity contribution in [3.63, 3.8) is 0 Å². The Hall–Kier alpha value is -1.37. The van der Waals surface area contributed by atoms with Crippen LogP contribution in [0.25, 0.3) is 10.2 Å². The molecule has 2 aromatic heterocycles. The number of rotatable bonds is 4. The van der Waals surface area contributed by atoms with E-state index >= 15 is 0 Å². The summed E-state index contributed by atoms with van der Waals surface area (Å²) < 4.78 is 6.71. The minimum Gasteiger partial charge on any atom is -0.437 e. The Kier molecular flexibility index (Phi) is 4.28. The first-order valence-electron chi connectivity index (χ1n) is 6.29. The topological polar surface area (TPSA) is 47.0 Å². The second-order valence-electron chi connectivity index (χ2n) is 4.20. The minimum atomic E-state index is 0.528. The molecule has 0 aliphatic heterocycles. The molecule has 108 valence electrons. The largest absolute Gasteiger partial charge is 0.437 e. The predicted octanol–water partition coefficient (Wildman–Crippen LogP) is 5.33. The Labute approximate surface area is 139 Å². The van der Waals surface area contributed by atoms with Gasteiger partial charge in [0.1, 0.15) is 10.6 Å². The smallest absolute Gasteiger partial charge is 0.232 e. The Morgan fingerprint density at radius 2 is 2.19 bits per heavy atom. The standard InChI is InChI=1S/C14H11BrClN3OS/c1-2-17-14-18-12(9-5-6-21-13(9)19-14)20-11-4-3-8(16)7-10(11)15/h3-7H,2H2,1H3,(H,17,18,19). The fraction of sp³-hybridized carbons (Fsp3) is 0.143. The van der Waals surface area contributed by atoms with E-state index in [0.29, 0.717) is 22.6 Å². The van der Waals surface area contributed by atoms with Crippen molar-refractivity contribution in [2.45, 2.75) is 6.92 Å². The second kappa shape index (κ2) is 6.17. The normalized spacial score (nSPS) is 10.8. The molecule has 0 saturated heterocycles. The van der Waals surface area contributed by atoms with Crippen molar-refractivity contribution >= 4 is 55.0 Å². The Morgan fingerprint density at radius 3 is 2.95 bits per heavy atom. The monoisotopic (exact) mass is 383 g/mol. The molecule has 0 bridgehead atoms. The van der Waals surface area contributed by atoms with Gasteiger partial charge in [-0.25, -0.2) is 4.98 Å². The Bertz CT molecular complexity index is 793. The molecule has 0 amide bonds. The van der Waals surface area contributed by atoms with Crippen molar-refractivity contribution in [1.82, 2.24) is 9.97 Å². The van der Waals surface area contributed by atoms with Gasteiger partial charge in [0.15, 0.2) is 0 Å². The summed E-state index contributed by atoms with van der Waals surface area (Å²) in [5, 5.41) is 6.62. The first-order chi connectivity index (χ1) is 10.2. The zero-order valence-corrected chi connectivity index (χ0v) is 14.2. The van der Waals surface area contributed by atoms with Crippen LogP contribution < -0.4 is 10.1 Å². The molecule has 21 heavy (non-hydrogen) atoms. The molecule has 0 aliphatic rings. The van der Waals surface area contributed by atoms with Gasteiger partial charge in [-0.3, -0.25) is 0 Å². The van der Waals surface area contributed by atoms with E-state index in [9.17, 15) is 0 Å². The molecule has 0 atom stereocenters. The van der Waals surface area contributed by atoms with E-state index in [4.69, 9.17) is 16.3 Å². The van der Waals surface area contributed by atoms with E-state index in [-0.39, 0.29) is 0 Å². The fourth-order valence-electron chi connectivity index (χ4n) is 1.81. The van der Waals surface area contributed by atoms with Gasteiger partial charge in [0.05, 0.1) is 9.86 Å². The number of benzene rings is 1. The van der Waals surface area contributed by atoms with Crippen molar-refractivity contribution < 1.29 is 4.74 Å². The molecule has 0 radical (unpaired) electrons. The molecule has 1 N–H and O–H groups in total. The first kappa shape index (κ1) is 14.6. The number of anilines is 1. The van der Waals surface area contributed by atoms with Crippen LogP contribution in [0.5, 0.6) is 11.6 Å². The highest BCUT2D eigenvalue weighted by molar-refractivity contribution is 9.10. The number of hydrogen-bond donors (Lipinski definition) is 1. The van der Waals surface area contributed by atoms with Crippen LogP contribution in [0.15, 0.2) is 34.1 Å². The lowest BCUT2D eigenvalue weighted by Gasteiger charge is -2.10. The summed E-state index contributed by atoms with van der Waals surface area (Å²) in [6.07, 6.45) is 0. The zero-order valence-electron chi connectivity index (χ0n) is 11.1. The van der Waals surface area contributed by atoms with Crippen molar-refractivity contribution in [2.75, 3.05) is 11.9 Å². The summed E-state index contributed by atoms with van der Waals surface area (Å²) in [6.45, 7) is 2.75. The molecule has 2 heterocycles. The maximum Gasteiger partial charge on any atom is 0.232 e. The number of hydrogen-bond acceptors (Lipinski definition) is 5. The SMILES string of the molecule is CCNc1nc(Oc2ccc(Cl)cc2Br)c2ccsc2n1. The third-order valence-corrected chi connectivity index (χ3v) is 4.39. The minimum absolute atomic E-state index is 0.528. The molecule has 0 aliphatic carbocycles. The molecule has 0 spiro atoms. The number of aromatic nitrogens is 2. The van der Waals surface area contributed by atoms with Crippen molar-refractivity contribution in [3.05, 3.63) is 39.1 Å². The van der Waals surface area contributed by atoms with Crippen LogP contribution >= 0.6 is 38.9 Å². The summed E-state index contributed by atoms with van der Waals surface area (Å²) in [4.78, 5) is 9.77. The maximum atomic E-state index is 5.94. The van der Waals surface area contributed by atoms with Gasteiger partial charge >= 0.3 is 0 Å². The van der Waals surface area contributed by atoms with E-state index in [2.05, 4.69) is 31.2 Å². The van der Waals surface area contributed by atoms with Gasteiger partial charge in [0, 0.05) is 11.6 Å². The highest BCUT2D eigenvalue weighted by atomic mass is 79.9. The molecule has 4 nitrogen and oxygen atoms in total. The predicted molar refractivity (Wildman–Crippen MR) is 90.8 cm³/mol. The lowest BCUT2D eigenvalue weighted by atomic mass is 10.3. The fourth-order valence-corrected chi connectivity index (χ4v) is 3.32. The molecular formula is C14H11BrClN3OS. The van der Waals surface area contributed by atoms with Crippen molar-refractivity contribution in [2.24, 2.45) is 0 Å². The molecule has 0 unspecified atom stereocenters. The van der Waals surface area contributed by atoms with Crippen LogP contribution in [0.1, 0.15) is 6.92 Å². The Balaban J connectivity index is 2.04. The number of nitrogens with zero attached hydrogens (tertiary/aromatic N) is 2. The Morgan fingerprint density at radius 1 is 1.33 bits per heavy atom. The van der Waals surface area contributed by atoms with E-state index < -0.39 is 0 Å². The number of thiophene rings is 1. The van der Waals surface area contributed by atoms with Gasteiger partial charge in [0.2, 0.25) is 11.8 Å². The molecule has 3 rings (SSSR count). The second-order valence-corrected chi connectivity index (χ2v) is 6.38. The molecule has 3 aromatic rings.